The van der Waals surface area contributed by atoms with Gasteiger partial charge in [-0.3, -0.25) is 4.79 Å². The second kappa shape index (κ2) is 6.61. The van der Waals surface area contributed by atoms with Crippen LogP contribution in [0.4, 0.5) is 5.69 Å². The van der Waals surface area contributed by atoms with E-state index in [1.807, 2.05) is 35.2 Å². The maximum Gasteiger partial charge on any atom is 0.227 e. The molecule has 23 heavy (non-hydrogen) atoms. The van der Waals surface area contributed by atoms with Crippen LogP contribution in [0.3, 0.4) is 0 Å². The van der Waals surface area contributed by atoms with E-state index in [0.717, 1.165) is 18.8 Å². The van der Waals surface area contributed by atoms with Gasteiger partial charge in [-0.05, 0) is 37.9 Å². The fraction of sp³-hybridized carbons (Fsp3) is 0.588. The molecule has 1 aromatic rings. The minimum absolute atomic E-state index is 0.181. The van der Waals surface area contributed by atoms with Crippen LogP contribution < -0.4 is 4.90 Å². The lowest BCUT2D eigenvalue weighted by Crippen LogP contribution is -2.41. The molecule has 0 bridgehead atoms. The summed E-state index contributed by atoms with van der Waals surface area (Å²) in [7, 11) is -0.765. The normalized spacial score (nSPS) is 25.2. The fourth-order valence-corrected chi connectivity index (χ4v) is 5.10. The first kappa shape index (κ1) is 16.5. The minimum atomic E-state index is -2.82. The van der Waals surface area contributed by atoms with Crippen LogP contribution in [0.2, 0.25) is 0 Å². The Morgan fingerprint density at radius 2 is 1.83 bits per heavy atom. The van der Waals surface area contributed by atoms with Crippen LogP contribution in [0.5, 0.6) is 0 Å². The van der Waals surface area contributed by atoms with E-state index in [1.54, 1.807) is 0 Å². The number of para-hydroxylation sites is 1. The van der Waals surface area contributed by atoms with E-state index in [-0.39, 0.29) is 5.91 Å². The van der Waals surface area contributed by atoms with E-state index >= 15 is 0 Å². The zero-order valence-corrected chi connectivity index (χ0v) is 14.3. The zero-order chi connectivity index (χ0) is 16.4. The number of amides is 1. The molecule has 6 heteroatoms. The SMILES string of the molecule is CN(C[C@H]1CC(=O)N(c2ccccc2)C1)C1CCS(=O)(=O)CC1. The summed E-state index contributed by atoms with van der Waals surface area (Å²) in [6.45, 7) is 1.60. The van der Waals surface area contributed by atoms with Gasteiger partial charge in [0, 0.05) is 31.2 Å². The zero-order valence-electron chi connectivity index (χ0n) is 13.5. The van der Waals surface area contributed by atoms with Crippen LogP contribution in [0.1, 0.15) is 19.3 Å². The van der Waals surface area contributed by atoms with Gasteiger partial charge in [-0.2, -0.15) is 0 Å². The average Bonchev–Trinajstić information content (AvgIpc) is 2.88. The second-order valence-corrected chi connectivity index (χ2v) is 9.04. The Labute approximate surface area is 138 Å². The fourth-order valence-electron chi connectivity index (χ4n) is 3.64. The van der Waals surface area contributed by atoms with Crippen molar-refractivity contribution >= 4 is 21.4 Å². The van der Waals surface area contributed by atoms with E-state index in [0.29, 0.717) is 42.7 Å². The van der Waals surface area contributed by atoms with E-state index in [4.69, 9.17) is 0 Å². The molecule has 0 radical (unpaired) electrons. The lowest BCUT2D eigenvalue weighted by atomic mass is 10.1. The van der Waals surface area contributed by atoms with Crippen LogP contribution in [0, 0.1) is 5.92 Å². The smallest absolute Gasteiger partial charge is 0.227 e. The first-order chi connectivity index (χ1) is 10.9. The minimum Gasteiger partial charge on any atom is -0.312 e. The van der Waals surface area contributed by atoms with Crippen LogP contribution >= 0.6 is 0 Å². The Morgan fingerprint density at radius 1 is 1.17 bits per heavy atom. The largest absolute Gasteiger partial charge is 0.312 e. The second-order valence-electron chi connectivity index (χ2n) is 6.73. The van der Waals surface area contributed by atoms with Crippen molar-refractivity contribution in [3.63, 3.8) is 0 Å². The van der Waals surface area contributed by atoms with Gasteiger partial charge in [0.2, 0.25) is 5.91 Å². The molecule has 2 aliphatic heterocycles. The summed E-state index contributed by atoms with van der Waals surface area (Å²) in [4.78, 5) is 16.4. The molecular weight excluding hydrogens is 312 g/mol. The molecule has 1 amide bonds. The van der Waals surface area contributed by atoms with Gasteiger partial charge in [-0.1, -0.05) is 18.2 Å². The van der Waals surface area contributed by atoms with Crippen molar-refractivity contribution in [1.29, 1.82) is 0 Å². The number of hydrogen-bond acceptors (Lipinski definition) is 4. The standard InChI is InChI=1S/C17H24N2O3S/c1-18(15-7-9-23(21,22)10-8-15)12-14-11-17(20)19(13-14)16-5-3-2-4-6-16/h2-6,14-15H,7-13H2,1H3/t14-/m1/s1. The summed E-state index contributed by atoms with van der Waals surface area (Å²) in [5.74, 6) is 1.08. The highest BCUT2D eigenvalue weighted by atomic mass is 32.2. The van der Waals surface area contributed by atoms with Crippen molar-refractivity contribution in [2.75, 3.05) is 36.5 Å². The Morgan fingerprint density at radius 3 is 2.48 bits per heavy atom. The molecule has 0 unspecified atom stereocenters. The molecule has 1 atom stereocenters. The highest BCUT2D eigenvalue weighted by molar-refractivity contribution is 7.91. The van der Waals surface area contributed by atoms with Crippen molar-refractivity contribution in [2.24, 2.45) is 5.92 Å². The first-order valence-corrected chi connectivity index (χ1v) is 10.0. The number of nitrogens with zero attached hydrogens (tertiary/aromatic N) is 2. The third-order valence-electron chi connectivity index (χ3n) is 4.97. The van der Waals surface area contributed by atoms with E-state index in [2.05, 4.69) is 11.9 Å². The van der Waals surface area contributed by atoms with Crippen molar-refractivity contribution in [3.8, 4) is 0 Å². The number of anilines is 1. The van der Waals surface area contributed by atoms with E-state index in [9.17, 15) is 13.2 Å². The van der Waals surface area contributed by atoms with Crippen LogP contribution in [0.25, 0.3) is 0 Å². The van der Waals surface area contributed by atoms with Gasteiger partial charge in [-0.25, -0.2) is 8.42 Å². The van der Waals surface area contributed by atoms with E-state index < -0.39 is 9.84 Å². The predicted molar refractivity (Wildman–Crippen MR) is 91.2 cm³/mol. The molecule has 2 saturated heterocycles. The lowest BCUT2D eigenvalue weighted by molar-refractivity contribution is -0.117. The number of hydrogen-bond donors (Lipinski definition) is 0. The molecule has 0 spiro atoms. The summed E-state index contributed by atoms with van der Waals surface area (Å²) >= 11 is 0. The molecule has 3 rings (SSSR count). The Hall–Kier alpha value is -1.40. The Bertz CT molecular complexity index is 646. The molecule has 2 aliphatic rings. The summed E-state index contributed by atoms with van der Waals surface area (Å²) in [5.41, 5.74) is 0.964. The summed E-state index contributed by atoms with van der Waals surface area (Å²) in [5, 5.41) is 0. The highest BCUT2D eigenvalue weighted by Gasteiger charge is 2.33. The monoisotopic (exact) mass is 336 g/mol. The topological polar surface area (TPSA) is 57.7 Å². The molecule has 0 N–H and O–H groups in total. The van der Waals surface area contributed by atoms with Gasteiger partial charge in [0.1, 0.15) is 9.84 Å². The molecule has 126 valence electrons. The molecule has 0 aliphatic carbocycles. The van der Waals surface area contributed by atoms with Gasteiger partial charge < -0.3 is 9.80 Å². The third kappa shape index (κ3) is 3.93. The van der Waals surface area contributed by atoms with Crippen molar-refractivity contribution < 1.29 is 13.2 Å². The molecule has 2 heterocycles. The molecule has 2 fully saturated rings. The quantitative estimate of drug-likeness (QED) is 0.837. The lowest BCUT2D eigenvalue weighted by Gasteiger charge is -2.32. The number of sulfone groups is 1. The number of carbonyl (C=O) groups excluding carboxylic acids is 1. The number of rotatable bonds is 4. The summed E-state index contributed by atoms with van der Waals surface area (Å²) in [6.07, 6.45) is 1.99. The summed E-state index contributed by atoms with van der Waals surface area (Å²) in [6, 6.07) is 10.1. The van der Waals surface area contributed by atoms with Crippen LogP contribution in [0.15, 0.2) is 30.3 Å². The van der Waals surface area contributed by atoms with Crippen LogP contribution in [-0.4, -0.2) is 56.9 Å². The maximum atomic E-state index is 12.3. The van der Waals surface area contributed by atoms with E-state index in [1.165, 1.54) is 0 Å². The summed E-state index contributed by atoms with van der Waals surface area (Å²) < 4.78 is 23.1. The van der Waals surface area contributed by atoms with Crippen molar-refractivity contribution in [2.45, 2.75) is 25.3 Å². The number of carbonyl (C=O) groups is 1. The van der Waals surface area contributed by atoms with Gasteiger partial charge in [-0.15, -0.1) is 0 Å². The first-order valence-electron chi connectivity index (χ1n) is 8.21. The van der Waals surface area contributed by atoms with Gasteiger partial charge >= 0.3 is 0 Å². The van der Waals surface area contributed by atoms with Crippen LogP contribution in [-0.2, 0) is 14.6 Å². The van der Waals surface area contributed by atoms with Crippen molar-refractivity contribution in [1.82, 2.24) is 4.90 Å². The molecular formula is C17H24N2O3S. The molecule has 0 saturated carbocycles. The third-order valence-corrected chi connectivity index (χ3v) is 6.68. The van der Waals surface area contributed by atoms with Gasteiger partial charge in [0.05, 0.1) is 11.5 Å². The average molecular weight is 336 g/mol. The number of benzene rings is 1. The van der Waals surface area contributed by atoms with Gasteiger partial charge in [0.25, 0.3) is 0 Å². The predicted octanol–water partition coefficient (Wildman–Crippen LogP) is 1.55. The Kier molecular flexibility index (Phi) is 4.73. The molecule has 5 nitrogen and oxygen atoms in total. The highest BCUT2D eigenvalue weighted by Crippen LogP contribution is 2.26. The maximum absolute atomic E-state index is 12.3. The van der Waals surface area contributed by atoms with Crippen molar-refractivity contribution in [3.05, 3.63) is 30.3 Å². The van der Waals surface area contributed by atoms with Gasteiger partial charge in [0.15, 0.2) is 0 Å². The Balaban J connectivity index is 1.56. The molecule has 0 aromatic heterocycles. The molecule has 1 aromatic carbocycles.